The van der Waals surface area contributed by atoms with Gasteiger partial charge in [-0.1, -0.05) is 47.5 Å². The zero-order chi connectivity index (χ0) is 20.0. The van der Waals surface area contributed by atoms with Gasteiger partial charge in [0.15, 0.2) is 0 Å². The molecule has 0 N–H and O–H groups in total. The third kappa shape index (κ3) is 3.63. The fourth-order valence-electron chi connectivity index (χ4n) is 6.43. The van der Waals surface area contributed by atoms with Gasteiger partial charge in [-0.25, -0.2) is 0 Å². The summed E-state index contributed by atoms with van der Waals surface area (Å²) in [5, 5.41) is 1.65. The average Bonchev–Trinajstić information content (AvgIpc) is 3.19. The highest BCUT2D eigenvalue weighted by Gasteiger charge is 2.53. The van der Waals surface area contributed by atoms with Gasteiger partial charge in [-0.2, -0.15) is 0 Å². The van der Waals surface area contributed by atoms with Crippen molar-refractivity contribution in [3.63, 3.8) is 0 Å². The lowest BCUT2D eigenvalue weighted by atomic mass is 9.63. The predicted octanol–water partition coefficient (Wildman–Crippen LogP) is 6.19. The van der Waals surface area contributed by atoms with E-state index in [1.54, 1.807) is 0 Å². The van der Waals surface area contributed by atoms with Gasteiger partial charge in [0, 0.05) is 33.5 Å². The molecule has 4 aliphatic rings. The molecule has 0 spiro atoms. The largest absolute Gasteiger partial charge is 0.302 e. The molecule has 2 atom stereocenters. The van der Waals surface area contributed by atoms with Gasteiger partial charge in [0.2, 0.25) is 0 Å². The predicted molar refractivity (Wildman–Crippen MR) is 122 cm³/mol. The summed E-state index contributed by atoms with van der Waals surface area (Å²) in [5.74, 6) is 1.05. The first-order valence-corrected chi connectivity index (χ1v) is 11.8. The van der Waals surface area contributed by atoms with Crippen molar-refractivity contribution < 1.29 is 0 Å². The first-order chi connectivity index (χ1) is 14.1. The molecule has 4 fully saturated rings. The highest BCUT2D eigenvalue weighted by atomic mass is 35.5. The molecular weight excluding hydrogens is 399 g/mol. The lowest BCUT2D eigenvalue weighted by Crippen LogP contribution is -2.53. The van der Waals surface area contributed by atoms with Gasteiger partial charge in [0.1, 0.15) is 0 Å². The Morgan fingerprint density at radius 3 is 1.72 bits per heavy atom. The van der Waals surface area contributed by atoms with Crippen LogP contribution in [-0.2, 0) is 0 Å². The third-order valence-corrected chi connectivity index (χ3v) is 8.34. The number of fused-ring (bicyclic) bond motifs is 4. The smallest absolute Gasteiger partial charge is 0.0406 e. The zero-order valence-electron chi connectivity index (χ0n) is 17.2. The number of likely N-dealkylation sites (tertiary alicyclic amines) is 1. The van der Waals surface area contributed by atoms with Crippen molar-refractivity contribution in [2.45, 2.75) is 55.5 Å². The molecular formula is C25H30Cl2N2. The molecule has 154 valence electrons. The minimum Gasteiger partial charge on any atom is -0.302 e. The fourth-order valence-corrected chi connectivity index (χ4v) is 6.69. The molecule has 3 heterocycles. The summed E-state index contributed by atoms with van der Waals surface area (Å²) in [6.45, 7) is 3.69. The summed E-state index contributed by atoms with van der Waals surface area (Å²) in [7, 11) is 2.34. The molecule has 6 rings (SSSR count). The molecule has 1 aliphatic carbocycles. The molecule has 0 amide bonds. The number of hydrogen-bond acceptors (Lipinski definition) is 2. The molecule has 2 bridgehead atoms. The first-order valence-electron chi connectivity index (χ1n) is 11.0. The third-order valence-electron chi connectivity index (χ3n) is 7.84. The van der Waals surface area contributed by atoms with E-state index in [2.05, 4.69) is 65.4 Å². The van der Waals surface area contributed by atoms with Gasteiger partial charge in [-0.05, 0) is 94.2 Å². The molecule has 0 aromatic heterocycles. The summed E-state index contributed by atoms with van der Waals surface area (Å²) in [6, 6.07) is 17.8. The van der Waals surface area contributed by atoms with Gasteiger partial charge in [-0.3, -0.25) is 4.90 Å². The van der Waals surface area contributed by atoms with Gasteiger partial charge in [0.25, 0.3) is 0 Å². The Balaban J connectivity index is 1.61. The van der Waals surface area contributed by atoms with Crippen LogP contribution in [0, 0.1) is 0 Å². The van der Waals surface area contributed by atoms with Crippen LogP contribution in [0.5, 0.6) is 0 Å². The molecule has 0 radical (unpaired) electrons. The maximum Gasteiger partial charge on any atom is 0.0406 e. The summed E-state index contributed by atoms with van der Waals surface area (Å²) in [6.07, 6.45) is 6.48. The Bertz CT molecular complexity index is 787. The van der Waals surface area contributed by atoms with Crippen LogP contribution in [0.15, 0.2) is 48.5 Å². The van der Waals surface area contributed by atoms with Gasteiger partial charge < -0.3 is 4.90 Å². The highest BCUT2D eigenvalue weighted by Crippen LogP contribution is 2.54. The molecule has 3 saturated heterocycles. The minimum atomic E-state index is 0.298. The Kier molecular flexibility index (Phi) is 5.41. The van der Waals surface area contributed by atoms with Crippen LogP contribution in [0.25, 0.3) is 0 Å². The summed E-state index contributed by atoms with van der Waals surface area (Å²) in [5.41, 5.74) is 3.18. The van der Waals surface area contributed by atoms with Crippen molar-refractivity contribution in [2.24, 2.45) is 0 Å². The normalized spacial score (nSPS) is 33.1. The summed E-state index contributed by atoms with van der Waals surface area (Å²) < 4.78 is 0. The van der Waals surface area contributed by atoms with Crippen molar-refractivity contribution in [3.8, 4) is 0 Å². The van der Waals surface area contributed by atoms with E-state index in [-0.39, 0.29) is 0 Å². The van der Waals surface area contributed by atoms with Crippen molar-refractivity contribution >= 4 is 23.2 Å². The van der Waals surface area contributed by atoms with Crippen LogP contribution in [0.1, 0.15) is 55.1 Å². The van der Waals surface area contributed by atoms with E-state index in [1.807, 2.05) is 0 Å². The van der Waals surface area contributed by atoms with E-state index in [0.29, 0.717) is 23.4 Å². The van der Waals surface area contributed by atoms with E-state index in [1.165, 1.54) is 62.9 Å². The molecule has 3 aliphatic heterocycles. The molecule has 0 unspecified atom stereocenters. The van der Waals surface area contributed by atoms with E-state index in [4.69, 9.17) is 23.2 Å². The maximum absolute atomic E-state index is 6.23. The lowest BCUT2D eigenvalue weighted by Gasteiger charge is -2.51. The SMILES string of the molecule is CN1CCC2(N3CCCC3)C[C@@H](c3ccc(Cl)cc3)C1[C@H](c1ccc(Cl)cc1)C2. The van der Waals surface area contributed by atoms with Crippen LogP contribution >= 0.6 is 23.2 Å². The van der Waals surface area contributed by atoms with Gasteiger partial charge >= 0.3 is 0 Å². The van der Waals surface area contributed by atoms with Crippen molar-refractivity contribution in [1.82, 2.24) is 9.80 Å². The second kappa shape index (κ2) is 7.89. The van der Waals surface area contributed by atoms with Gasteiger partial charge in [-0.15, -0.1) is 0 Å². The summed E-state index contributed by atoms with van der Waals surface area (Å²) >= 11 is 12.5. The zero-order valence-corrected chi connectivity index (χ0v) is 18.7. The number of benzene rings is 2. The Morgan fingerprint density at radius 2 is 1.24 bits per heavy atom. The van der Waals surface area contributed by atoms with E-state index < -0.39 is 0 Å². The van der Waals surface area contributed by atoms with Crippen LogP contribution in [0.2, 0.25) is 10.0 Å². The quantitative estimate of drug-likeness (QED) is 0.574. The standard InChI is InChI=1S/C25H30Cl2N2/c1-28-15-12-25(29-13-2-3-14-29)16-22(18-4-8-20(26)9-5-18)24(28)23(17-25)19-6-10-21(27)11-7-19/h4-11,22-24H,2-3,12-17H2,1H3/t22-,23-,24?,25?/m0/s1. The Hall–Kier alpha value is -1.06. The maximum atomic E-state index is 6.23. The van der Waals surface area contributed by atoms with Crippen molar-refractivity contribution in [3.05, 3.63) is 69.7 Å². The van der Waals surface area contributed by atoms with E-state index in [0.717, 1.165) is 10.0 Å². The van der Waals surface area contributed by atoms with E-state index >= 15 is 0 Å². The number of rotatable bonds is 3. The van der Waals surface area contributed by atoms with Crippen LogP contribution in [-0.4, -0.2) is 48.1 Å². The Labute approximate surface area is 184 Å². The topological polar surface area (TPSA) is 6.48 Å². The van der Waals surface area contributed by atoms with Crippen LogP contribution in [0.3, 0.4) is 0 Å². The van der Waals surface area contributed by atoms with E-state index in [9.17, 15) is 0 Å². The van der Waals surface area contributed by atoms with Gasteiger partial charge in [0.05, 0.1) is 0 Å². The molecule has 2 aromatic rings. The lowest BCUT2D eigenvalue weighted by molar-refractivity contribution is 0.0492. The summed E-state index contributed by atoms with van der Waals surface area (Å²) in [4.78, 5) is 5.48. The van der Waals surface area contributed by atoms with Crippen LogP contribution in [0.4, 0.5) is 0 Å². The number of hydrogen-bond donors (Lipinski definition) is 0. The minimum absolute atomic E-state index is 0.298. The number of nitrogens with zero attached hydrogens (tertiary/aromatic N) is 2. The fraction of sp³-hybridized carbons (Fsp3) is 0.520. The monoisotopic (exact) mass is 428 g/mol. The average molecular weight is 429 g/mol. The van der Waals surface area contributed by atoms with Crippen molar-refractivity contribution in [1.29, 1.82) is 0 Å². The molecule has 2 aromatic carbocycles. The number of halogens is 2. The molecule has 1 saturated carbocycles. The first kappa shape index (κ1) is 19.9. The molecule has 2 nitrogen and oxygen atoms in total. The molecule has 4 heteroatoms. The van der Waals surface area contributed by atoms with Crippen molar-refractivity contribution in [2.75, 3.05) is 26.7 Å². The Morgan fingerprint density at radius 1 is 0.759 bits per heavy atom. The highest BCUT2D eigenvalue weighted by molar-refractivity contribution is 6.30. The molecule has 29 heavy (non-hydrogen) atoms. The van der Waals surface area contributed by atoms with Crippen LogP contribution < -0.4 is 0 Å². The number of likely N-dealkylation sites (N-methyl/N-ethyl adjacent to an activating group) is 1. The second-order valence-electron chi connectivity index (χ2n) is 9.36. The second-order valence-corrected chi connectivity index (χ2v) is 10.2.